The minimum atomic E-state index is 0.742. The third kappa shape index (κ3) is 4.14. The molecule has 0 saturated heterocycles. The molecule has 0 amide bonds. The van der Waals surface area contributed by atoms with Crippen LogP contribution in [0.3, 0.4) is 0 Å². The highest BCUT2D eigenvalue weighted by Gasteiger charge is 1.50. The molecule has 0 aromatic carbocycles. The van der Waals surface area contributed by atoms with Crippen molar-refractivity contribution < 1.29 is 4.79 Å². The molecule has 0 bridgehead atoms. The van der Waals surface area contributed by atoms with E-state index in [0.29, 0.717) is 0 Å². The summed E-state index contributed by atoms with van der Waals surface area (Å²) in [5.74, 6) is 0. The Morgan fingerprint density at radius 1 is 1.60 bits per heavy atom. The molecule has 0 N–H and O–H groups in total. The maximum absolute atomic E-state index is 9.31. The maximum Gasteiger partial charge on any atom is 0.143 e. The van der Waals surface area contributed by atoms with E-state index in [2.05, 4.69) is 0 Å². The fourth-order valence-corrected chi connectivity index (χ4v) is 0.199. The van der Waals surface area contributed by atoms with Gasteiger partial charge in [0.2, 0.25) is 0 Å². The average molecular weight is 182 g/mol. The highest BCUT2D eigenvalue weighted by atomic mass is 127. The van der Waals surface area contributed by atoms with E-state index in [0.717, 1.165) is 6.29 Å². The largest absolute Gasteiger partial charge is 0.299 e. The molecule has 28 valence electrons. The molecule has 0 atom stereocenters. The highest BCUT2D eigenvalue weighted by molar-refractivity contribution is 14.1. The fourth-order valence-electron chi connectivity index (χ4n) is 0.0297. The van der Waals surface area contributed by atoms with Gasteiger partial charge in [0.25, 0.3) is 0 Å². The molecule has 0 spiro atoms. The van der Waals surface area contributed by atoms with Gasteiger partial charge in [-0.15, -0.1) is 0 Å². The molecule has 1 nitrogen and oxygen atoms in total. The van der Waals surface area contributed by atoms with E-state index < -0.39 is 0 Å². The Morgan fingerprint density at radius 3 is 2.20 bits per heavy atom. The first-order valence-corrected chi connectivity index (χ1v) is 2.37. The van der Waals surface area contributed by atoms with E-state index >= 15 is 0 Å². The maximum atomic E-state index is 9.31. The Hall–Kier alpha value is 0.140. The number of allylic oxidation sites excluding steroid dienone is 1. The number of rotatable bonds is 1. The van der Waals surface area contributed by atoms with Crippen LogP contribution in [0.2, 0.25) is 0 Å². The van der Waals surface area contributed by atoms with Crippen molar-refractivity contribution in [3.05, 3.63) is 10.2 Å². The molecular weight excluding hydrogens is 179 g/mol. The van der Waals surface area contributed by atoms with Gasteiger partial charge in [0.1, 0.15) is 6.29 Å². The van der Waals surface area contributed by atoms with Crippen LogP contribution in [0.1, 0.15) is 0 Å². The third-order valence-corrected chi connectivity index (χ3v) is 0.567. The van der Waals surface area contributed by atoms with E-state index in [1.165, 1.54) is 6.08 Å². The van der Waals surface area contributed by atoms with Crippen LogP contribution in [0.4, 0.5) is 0 Å². The quantitative estimate of drug-likeness (QED) is 0.337. The summed E-state index contributed by atoms with van der Waals surface area (Å²) in [6, 6.07) is 0. The summed E-state index contributed by atoms with van der Waals surface area (Å²) in [6.45, 7) is 0. The lowest BCUT2D eigenvalue weighted by Crippen LogP contribution is -1.48. The molecule has 0 aliphatic heterocycles. The predicted octanol–water partition coefficient (Wildman–Crippen LogP) is 1.13. The number of hydrogen-bond donors (Lipinski definition) is 0. The number of aldehydes is 1. The van der Waals surface area contributed by atoms with Crippen molar-refractivity contribution in [2.45, 2.75) is 0 Å². The van der Waals surface area contributed by atoms with Crippen LogP contribution >= 0.6 is 22.6 Å². The minimum absolute atomic E-state index is 0.742. The Bertz CT molecular complexity index is 48.9. The monoisotopic (exact) mass is 182 g/mol. The van der Waals surface area contributed by atoms with Crippen molar-refractivity contribution in [3.8, 4) is 0 Å². The molecule has 0 unspecified atom stereocenters. The highest BCUT2D eigenvalue weighted by Crippen LogP contribution is 1.77. The summed E-state index contributed by atoms with van der Waals surface area (Å²) < 4.78 is 1.66. The van der Waals surface area contributed by atoms with Crippen LogP contribution in [0.25, 0.3) is 0 Å². The van der Waals surface area contributed by atoms with Gasteiger partial charge in [0.05, 0.1) is 0 Å². The van der Waals surface area contributed by atoms with Gasteiger partial charge in [0, 0.05) is 0 Å². The Morgan fingerprint density at radius 2 is 2.20 bits per heavy atom. The zero-order valence-corrected chi connectivity index (χ0v) is 4.68. The summed E-state index contributed by atoms with van der Waals surface area (Å²) in [6.07, 6.45) is 2.17. The van der Waals surface area contributed by atoms with Gasteiger partial charge in [-0.3, -0.25) is 4.79 Å². The van der Waals surface area contributed by atoms with Crippen LogP contribution in [0.15, 0.2) is 10.2 Å². The first-order valence-electron chi connectivity index (χ1n) is 1.12. The first kappa shape index (κ1) is 5.14. The van der Waals surface area contributed by atoms with Gasteiger partial charge in [0.15, 0.2) is 0 Å². The number of hydrogen-bond acceptors (Lipinski definition) is 1. The Kier molecular flexibility index (Phi) is 4.26. The smallest absolute Gasteiger partial charge is 0.143 e. The van der Waals surface area contributed by atoms with E-state index in [9.17, 15) is 4.79 Å². The summed E-state index contributed by atoms with van der Waals surface area (Å²) in [4.78, 5) is 9.31. The zero-order valence-electron chi connectivity index (χ0n) is 2.52. The van der Waals surface area contributed by atoms with Crippen molar-refractivity contribution in [2.75, 3.05) is 0 Å². The van der Waals surface area contributed by atoms with E-state index in [4.69, 9.17) is 0 Å². The topological polar surface area (TPSA) is 17.1 Å². The summed E-state index contributed by atoms with van der Waals surface area (Å²) in [5.41, 5.74) is 0. The standard InChI is InChI=1S/C3H3IO/c4-2-1-3-5/h1-3H. The SMILES string of the molecule is O=CC=CI. The van der Waals surface area contributed by atoms with Gasteiger partial charge in [-0.2, -0.15) is 0 Å². The van der Waals surface area contributed by atoms with Crippen LogP contribution in [-0.2, 0) is 4.79 Å². The van der Waals surface area contributed by atoms with Gasteiger partial charge >= 0.3 is 0 Å². The van der Waals surface area contributed by atoms with Crippen molar-refractivity contribution in [2.24, 2.45) is 0 Å². The van der Waals surface area contributed by atoms with Gasteiger partial charge in [-0.25, -0.2) is 0 Å². The molecule has 0 aliphatic carbocycles. The van der Waals surface area contributed by atoms with Crippen molar-refractivity contribution in [1.29, 1.82) is 0 Å². The predicted molar refractivity (Wildman–Crippen MR) is 29.2 cm³/mol. The molecular formula is C3H3IO. The summed E-state index contributed by atoms with van der Waals surface area (Å²) in [7, 11) is 0. The van der Waals surface area contributed by atoms with Crippen LogP contribution < -0.4 is 0 Å². The Balaban J connectivity index is 2.92. The number of carbonyl (C=O) groups excluding carboxylic acids is 1. The van der Waals surface area contributed by atoms with Crippen molar-refractivity contribution >= 4 is 28.9 Å². The van der Waals surface area contributed by atoms with Crippen molar-refractivity contribution in [3.63, 3.8) is 0 Å². The van der Waals surface area contributed by atoms with Crippen LogP contribution in [0.5, 0.6) is 0 Å². The zero-order chi connectivity index (χ0) is 4.12. The third-order valence-electron chi connectivity index (χ3n) is 0.151. The van der Waals surface area contributed by atoms with Gasteiger partial charge < -0.3 is 0 Å². The molecule has 0 fully saturated rings. The van der Waals surface area contributed by atoms with Crippen LogP contribution in [0, 0.1) is 0 Å². The van der Waals surface area contributed by atoms with Crippen molar-refractivity contribution in [1.82, 2.24) is 0 Å². The lowest BCUT2D eigenvalue weighted by Gasteiger charge is -1.49. The van der Waals surface area contributed by atoms with Gasteiger partial charge in [-0.1, -0.05) is 22.6 Å². The molecule has 0 radical (unpaired) electrons. The molecule has 0 heterocycles. The minimum Gasteiger partial charge on any atom is -0.299 e. The molecule has 5 heavy (non-hydrogen) atoms. The summed E-state index contributed by atoms with van der Waals surface area (Å²) >= 11 is 1.98. The van der Waals surface area contributed by atoms with Crippen LogP contribution in [-0.4, -0.2) is 6.29 Å². The average Bonchev–Trinajstić information content (AvgIpc) is 1.41. The lowest BCUT2D eigenvalue weighted by atomic mass is 10.8. The molecule has 0 aromatic heterocycles. The molecule has 2 heteroatoms. The number of halogens is 1. The van der Waals surface area contributed by atoms with Gasteiger partial charge in [-0.05, 0) is 10.2 Å². The van der Waals surface area contributed by atoms with E-state index in [1.807, 2.05) is 22.6 Å². The first-order chi connectivity index (χ1) is 2.41. The second-order valence-corrected chi connectivity index (χ2v) is 1.17. The second kappa shape index (κ2) is 4.14. The molecule has 0 saturated carbocycles. The fraction of sp³-hybridized carbons (Fsp3) is 0. The molecule has 0 aliphatic rings. The number of carbonyl (C=O) groups is 1. The molecule has 0 aromatic rings. The second-order valence-electron chi connectivity index (χ2n) is 0.455. The van der Waals surface area contributed by atoms with E-state index in [-0.39, 0.29) is 0 Å². The summed E-state index contributed by atoms with van der Waals surface area (Å²) in [5, 5.41) is 0. The Labute approximate surface area is 44.2 Å². The lowest BCUT2D eigenvalue weighted by molar-refractivity contribution is -0.104. The van der Waals surface area contributed by atoms with E-state index in [1.54, 1.807) is 4.08 Å². The molecule has 0 rings (SSSR count). The normalized spacial score (nSPS) is 9.00.